The Kier molecular flexibility index (Phi) is 4.31. The number of benzene rings is 1. The molecule has 20 heavy (non-hydrogen) atoms. The fraction of sp³-hybridized carbons (Fsp3) is 0.267. The minimum atomic E-state index is -0.394. The Balaban J connectivity index is 2.57. The Morgan fingerprint density at radius 2 is 2.25 bits per heavy atom. The van der Waals surface area contributed by atoms with Crippen molar-refractivity contribution in [2.24, 2.45) is 0 Å². The van der Waals surface area contributed by atoms with Gasteiger partial charge in [-0.1, -0.05) is 24.4 Å². The molecule has 0 aliphatic rings. The molecule has 1 aromatic carbocycles. The highest BCUT2D eigenvalue weighted by atomic mass is 35.5. The second-order valence-electron chi connectivity index (χ2n) is 4.43. The zero-order valence-corrected chi connectivity index (χ0v) is 11.9. The third-order valence-corrected chi connectivity index (χ3v) is 3.31. The second kappa shape index (κ2) is 5.98. The number of aromatic nitrogens is 2. The van der Waals surface area contributed by atoms with Gasteiger partial charge < -0.3 is 10.3 Å². The average Bonchev–Trinajstić information content (AvgIpc) is 2.69. The van der Waals surface area contributed by atoms with Gasteiger partial charge in [-0.3, -0.25) is 0 Å². The Morgan fingerprint density at radius 3 is 2.85 bits per heavy atom. The molecule has 0 atom stereocenters. The number of nitrogens with two attached hydrogens (primary N) is 1. The Bertz CT molecular complexity index is 670. The molecule has 0 unspecified atom stereocenters. The Morgan fingerprint density at radius 1 is 1.50 bits per heavy atom. The van der Waals surface area contributed by atoms with E-state index in [-0.39, 0.29) is 5.02 Å². The molecule has 0 bridgehead atoms. The molecule has 2 rings (SSSR count). The first-order valence-corrected chi connectivity index (χ1v) is 6.70. The molecule has 0 aliphatic carbocycles. The number of anilines is 1. The van der Waals surface area contributed by atoms with Gasteiger partial charge in [-0.05, 0) is 24.6 Å². The van der Waals surface area contributed by atoms with Crippen LogP contribution in [0.15, 0.2) is 18.2 Å². The molecule has 0 saturated heterocycles. The van der Waals surface area contributed by atoms with E-state index >= 15 is 0 Å². The molecule has 0 aliphatic heterocycles. The first kappa shape index (κ1) is 14.4. The van der Waals surface area contributed by atoms with E-state index in [1.54, 1.807) is 10.6 Å². The number of hydrogen-bond donors (Lipinski definition) is 1. The van der Waals surface area contributed by atoms with Gasteiger partial charge in [0.1, 0.15) is 23.2 Å². The van der Waals surface area contributed by atoms with Crippen LogP contribution in [0.25, 0.3) is 11.3 Å². The van der Waals surface area contributed by atoms with Gasteiger partial charge in [0, 0.05) is 12.0 Å². The van der Waals surface area contributed by atoms with Crippen molar-refractivity contribution in [1.29, 1.82) is 0 Å². The highest BCUT2D eigenvalue weighted by molar-refractivity contribution is 6.33. The number of aryl methyl sites for hydroxylation is 1. The molecular formula is C15H15ClFN3. The topological polar surface area (TPSA) is 43.8 Å². The first-order valence-electron chi connectivity index (χ1n) is 6.32. The number of hydrogen-bond acceptors (Lipinski definition) is 2. The molecular weight excluding hydrogens is 277 g/mol. The molecule has 2 aromatic rings. The number of halogens is 2. The summed E-state index contributed by atoms with van der Waals surface area (Å²) >= 11 is 6.07. The second-order valence-corrected chi connectivity index (χ2v) is 4.83. The molecule has 104 valence electrons. The Hall–Kier alpha value is -1.99. The smallest absolute Gasteiger partial charge is 0.132 e. The zero-order valence-electron chi connectivity index (χ0n) is 11.2. The summed E-state index contributed by atoms with van der Waals surface area (Å²) < 4.78 is 14.9. The summed E-state index contributed by atoms with van der Waals surface area (Å²) in [4.78, 5) is 4.51. The van der Waals surface area contributed by atoms with E-state index in [1.807, 2.05) is 0 Å². The van der Waals surface area contributed by atoms with Crippen molar-refractivity contribution in [2.75, 3.05) is 5.73 Å². The summed E-state index contributed by atoms with van der Waals surface area (Å²) in [7, 11) is 0. The third kappa shape index (κ3) is 2.63. The van der Waals surface area contributed by atoms with Crippen molar-refractivity contribution in [2.45, 2.75) is 26.3 Å². The summed E-state index contributed by atoms with van der Waals surface area (Å²) in [6.45, 7) is 2.41. The standard InChI is InChI=1S/C15H15ClFN3/c1-3-5-13-19-14(15(18)20(13)8-4-2)11-7-6-10(17)9-12(11)16/h2,6-7,9H,3,5,8,18H2,1H3. The molecule has 2 N–H and O–H groups in total. The van der Waals surface area contributed by atoms with Crippen LogP contribution in [-0.2, 0) is 13.0 Å². The maximum atomic E-state index is 13.1. The van der Waals surface area contributed by atoms with Crippen LogP contribution in [0, 0.1) is 18.2 Å². The van der Waals surface area contributed by atoms with Gasteiger partial charge >= 0.3 is 0 Å². The quantitative estimate of drug-likeness (QED) is 0.876. The monoisotopic (exact) mass is 291 g/mol. The molecule has 0 amide bonds. The summed E-state index contributed by atoms with van der Waals surface area (Å²) in [5.74, 6) is 3.44. The highest BCUT2D eigenvalue weighted by Gasteiger charge is 2.17. The van der Waals surface area contributed by atoms with E-state index in [9.17, 15) is 4.39 Å². The van der Waals surface area contributed by atoms with E-state index in [1.165, 1.54) is 12.1 Å². The molecule has 0 radical (unpaired) electrons. The number of nitrogen functional groups attached to an aromatic ring is 1. The van der Waals surface area contributed by atoms with E-state index in [2.05, 4.69) is 17.8 Å². The van der Waals surface area contributed by atoms with Crippen LogP contribution in [0.5, 0.6) is 0 Å². The first-order chi connectivity index (χ1) is 9.58. The molecule has 1 aromatic heterocycles. The van der Waals surface area contributed by atoms with Crippen molar-refractivity contribution in [3.63, 3.8) is 0 Å². The van der Waals surface area contributed by atoms with Gasteiger partial charge in [-0.15, -0.1) is 6.42 Å². The maximum absolute atomic E-state index is 13.1. The molecule has 0 spiro atoms. The van der Waals surface area contributed by atoms with E-state index in [4.69, 9.17) is 23.8 Å². The van der Waals surface area contributed by atoms with Gasteiger partial charge in [0.15, 0.2) is 0 Å². The van der Waals surface area contributed by atoms with Crippen LogP contribution in [0.3, 0.4) is 0 Å². The normalized spacial score (nSPS) is 10.5. The summed E-state index contributed by atoms with van der Waals surface area (Å²) in [5, 5.41) is 0.283. The van der Waals surface area contributed by atoms with Gasteiger partial charge in [-0.25, -0.2) is 9.37 Å². The minimum Gasteiger partial charge on any atom is -0.383 e. The SMILES string of the molecule is C#CCn1c(CCC)nc(-c2ccc(F)cc2Cl)c1N. The van der Waals surface area contributed by atoms with Gasteiger partial charge in [0.05, 0.1) is 11.6 Å². The summed E-state index contributed by atoms with van der Waals surface area (Å²) in [5.41, 5.74) is 7.27. The van der Waals surface area contributed by atoms with Gasteiger partial charge in [-0.2, -0.15) is 0 Å². The predicted molar refractivity (Wildman–Crippen MR) is 79.9 cm³/mol. The Labute approximate surface area is 122 Å². The van der Waals surface area contributed by atoms with Crippen molar-refractivity contribution < 1.29 is 4.39 Å². The van der Waals surface area contributed by atoms with Crippen molar-refractivity contribution >= 4 is 17.4 Å². The van der Waals surface area contributed by atoms with Crippen molar-refractivity contribution in [1.82, 2.24) is 9.55 Å². The lowest BCUT2D eigenvalue weighted by molar-refractivity contribution is 0.628. The van der Waals surface area contributed by atoms with Crippen LogP contribution in [0.1, 0.15) is 19.2 Å². The number of nitrogens with zero attached hydrogens (tertiary/aromatic N) is 2. The number of terminal acetylenes is 1. The maximum Gasteiger partial charge on any atom is 0.132 e. The van der Waals surface area contributed by atoms with Crippen LogP contribution < -0.4 is 5.73 Å². The largest absolute Gasteiger partial charge is 0.383 e. The van der Waals surface area contributed by atoms with Crippen LogP contribution >= 0.6 is 11.6 Å². The van der Waals surface area contributed by atoms with E-state index in [0.717, 1.165) is 18.7 Å². The fourth-order valence-corrected chi connectivity index (χ4v) is 2.33. The number of rotatable bonds is 4. The lowest BCUT2D eigenvalue weighted by Gasteiger charge is -2.05. The fourth-order valence-electron chi connectivity index (χ4n) is 2.08. The molecule has 3 nitrogen and oxygen atoms in total. The van der Waals surface area contributed by atoms with Crippen LogP contribution in [0.2, 0.25) is 5.02 Å². The molecule has 0 fully saturated rings. The van der Waals surface area contributed by atoms with Crippen molar-refractivity contribution in [3.05, 3.63) is 34.9 Å². The van der Waals surface area contributed by atoms with Gasteiger partial charge in [0.25, 0.3) is 0 Å². The van der Waals surface area contributed by atoms with Crippen molar-refractivity contribution in [3.8, 4) is 23.6 Å². The highest BCUT2D eigenvalue weighted by Crippen LogP contribution is 2.32. The molecule has 5 heteroatoms. The van der Waals surface area contributed by atoms with E-state index in [0.29, 0.717) is 23.6 Å². The van der Waals surface area contributed by atoms with Crippen LogP contribution in [-0.4, -0.2) is 9.55 Å². The van der Waals surface area contributed by atoms with Crippen LogP contribution in [0.4, 0.5) is 10.2 Å². The summed E-state index contributed by atoms with van der Waals surface area (Å²) in [6.07, 6.45) is 7.06. The van der Waals surface area contributed by atoms with Gasteiger partial charge in [0.2, 0.25) is 0 Å². The lowest BCUT2D eigenvalue weighted by Crippen LogP contribution is -2.06. The third-order valence-electron chi connectivity index (χ3n) is 3.00. The average molecular weight is 292 g/mol. The molecule has 1 heterocycles. The van der Waals surface area contributed by atoms with E-state index < -0.39 is 5.82 Å². The predicted octanol–water partition coefficient (Wildman–Crippen LogP) is 3.51. The zero-order chi connectivity index (χ0) is 14.7. The lowest BCUT2D eigenvalue weighted by atomic mass is 10.1. The summed E-state index contributed by atoms with van der Waals surface area (Å²) in [6, 6.07) is 4.16. The number of imidazole rings is 1. The molecule has 0 saturated carbocycles. The minimum absolute atomic E-state index is 0.283.